The largest absolute Gasteiger partial charge is 0.444 e. The van der Waals surface area contributed by atoms with E-state index in [2.05, 4.69) is 21.4 Å². The average molecular weight is 473 g/mol. The number of likely N-dealkylation sites (tertiary alicyclic amines) is 1. The smallest absolute Gasteiger partial charge is 0.410 e. The second kappa shape index (κ2) is 8.91. The van der Waals surface area contributed by atoms with Gasteiger partial charge < -0.3 is 14.5 Å². The van der Waals surface area contributed by atoms with Crippen LogP contribution in [0.3, 0.4) is 0 Å². The number of hydrogen-bond donors (Lipinski definition) is 0. The highest BCUT2D eigenvalue weighted by molar-refractivity contribution is 5.91. The van der Waals surface area contributed by atoms with E-state index in [4.69, 9.17) is 14.7 Å². The Hall–Kier alpha value is -3.55. The van der Waals surface area contributed by atoms with Crippen LogP contribution < -0.4 is 4.90 Å². The van der Waals surface area contributed by atoms with Crippen molar-refractivity contribution >= 4 is 28.9 Å². The van der Waals surface area contributed by atoms with Crippen molar-refractivity contribution in [2.24, 2.45) is 5.41 Å². The molecule has 3 aromatic heterocycles. The van der Waals surface area contributed by atoms with Gasteiger partial charge in [-0.05, 0) is 69.7 Å². The Morgan fingerprint density at radius 1 is 1.11 bits per heavy atom. The fourth-order valence-electron chi connectivity index (χ4n) is 5.03. The number of pyridine rings is 2. The molecule has 182 valence electrons. The molecule has 0 aromatic carbocycles. The summed E-state index contributed by atoms with van der Waals surface area (Å²) < 4.78 is 5.61. The molecule has 0 N–H and O–H groups in total. The van der Waals surface area contributed by atoms with Crippen LogP contribution in [0.2, 0.25) is 0 Å². The van der Waals surface area contributed by atoms with Gasteiger partial charge in [0.25, 0.3) is 0 Å². The summed E-state index contributed by atoms with van der Waals surface area (Å²) in [5.74, 6) is 1.59. The molecular weight excluding hydrogens is 440 g/mol. The zero-order valence-electron chi connectivity index (χ0n) is 20.7. The van der Waals surface area contributed by atoms with Crippen molar-refractivity contribution in [3.05, 3.63) is 49.1 Å². The molecule has 2 fully saturated rings. The van der Waals surface area contributed by atoms with Crippen LogP contribution in [0, 0.1) is 5.41 Å². The van der Waals surface area contributed by atoms with Gasteiger partial charge in [-0.25, -0.2) is 14.8 Å². The minimum Gasteiger partial charge on any atom is -0.444 e. The van der Waals surface area contributed by atoms with E-state index in [1.54, 1.807) is 24.7 Å². The van der Waals surface area contributed by atoms with Crippen LogP contribution in [0.15, 0.2) is 43.4 Å². The van der Waals surface area contributed by atoms with Crippen molar-refractivity contribution in [2.75, 3.05) is 31.1 Å². The number of aromatic nitrogens is 4. The third kappa shape index (κ3) is 4.83. The number of carbonyl (C=O) groups is 1. The molecule has 0 radical (unpaired) electrons. The van der Waals surface area contributed by atoms with Crippen LogP contribution in [-0.2, 0) is 4.74 Å². The average Bonchev–Trinajstić information content (AvgIpc) is 3.27. The summed E-state index contributed by atoms with van der Waals surface area (Å²) in [5.41, 5.74) is 2.20. The lowest BCUT2D eigenvalue weighted by atomic mass is 9.78. The predicted octanol–water partition coefficient (Wildman–Crippen LogP) is 4.96. The van der Waals surface area contributed by atoms with Gasteiger partial charge in [0.2, 0.25) is 0 Å². The summed E-state index contributed by atoms with van der Waals surface area (Å²) in [5, 5.41) is 0.977. The maximum Gasteiger partial charge on any atom is 0.410 e. The predicted molar refractivity (Wildman–Crippen MR) is 137 cm³/mol. The van der Waals surface area contributed by atoms with Gasteiger partial charge in [0.15, 0.2) is 5.82 Å². The van der Waals surface area contributed by atoms with E-state index in [-0.39, 0.29) is 11.5 Å². The first-order valence-corrected chi connectivity index (χ1v) is 12.2. The number of nitrogens with zero attached hydrogens (tertiary/aromatic N) is 6. The molecule has 2 aliphatic rings. The van der Waals surface area contributed by atoms with Crippen LogP contribution in [0.1, 0.15) is 45.7 Å². The Morgan fingerprint density at radius 2 is 1.83 bits per heavy atom. The van der Waals surface area contributed by atoms with Gasteiger partial charge in [0.1, 0.15) is 11.4 Å². The Kier molecular flexibility index (Phi) is 5.91. The number of amides is 1. The second-order valence-electron chi connectivity index (χ2n) is 10.6. The monoisotopic (exact) mass is 472 g/mol. The van der Waals surface area contributed by atoms with Gasteiger partial charge in [-0.2, -0.15) is 0 Å². The lowest BCUT2D eigenvalue weighted by molar-refractivity contribution is 0.0266. The van der Waals surface area contributed by atoms with Crippen molar-refractivity contribution in [2.45, 2.75) is 45.6 Å². The minimum atomic E-state index is -0.476. The summed E-state index contributed by atoms with van der Waals surface area (Å²) >= 11 is 0. The molecule has 2 aliphatic heterocycles. The van der Waals surface area contributed by atoms with Gasteiger partial charge >= 0.3 is 6.09 Å². The Balaban J connectivity index is 1.40. The van der Waals surface area contributed by atoms with Crippen LogP contribution in [0.25, 0.3) is 28.4 Å². The molecule has 5 heterocycles. The molecule has 0 aliphatic carbocycles. The molecule has 1 amide bonds. The van der Waals surface area contributed by atoms with Crippen molar-refractivity contribution < 1.29 is 9.53 Å². The number of carbonyl (C=O) groups excluding carboxylic acids is 1. The first kappa shape index (κ1) is 23.2. The number of anilines is 1. The molecule has 8 nitrogen and oxygen atoms in total. The highest BCUT2D eigenvalue weighted by Crippen LogP contribution is 2.42. The van der Waals surface area contributed by atoms with Crippen LogP contribution >= 0.6 is 0 Å². The van der Waals surface area contributed by atoms with Gasteiger partial charge in [0, 0.05) is 49.5 Å². The highest BCUT2D eigenvalue weighted by atomic mass is 16.6. The third-order valence-corrected chi connectivity index (χ3v) is 6.94. The van der Waals surface area contributed by atoms with E-state index in [9.17, 15) is 4.79 Å². The first-order valence-electron chi connectivity index (χ1n) is 12.2. The van der Waals surface area contributed by atoms with Crippen LogP contribution in [0.5, 0.6) is 0 Å². The van der Waals surface area contributed by atoms with Gasteiger partial charge in [-0.3, -0.25) is 9.97 Å². The summed E-state index contributed by atoms with van der Waals surface area (Å²) in [4.78, 5) is 35.2. The number of ether oxygens (including phenoxy) is 1. The topological polar surface area (TPSA) is 84.3 Å². The molecule has 1 spiro atoms. The SMILES string of the molecule is C=Cc1cc2c(N3CCC4(CCN(C(=O)OC(C)(C)C)C4)CC3)nc(-c3ccncc3)nc2cn1. The Labute approximate surface area is 206 Å². The van der Waals surface area contributed by atoms with Gasteiger partial charge in [0.05, 0.1) is 17.4 Å². The van der Waals surface area contributed by atoms with Crippen molar-refractivity contribution in [1.29, 1.82) is 0 Å². The second-order valence-corrected chi connectivity index (χ2v) is 10.6. The van der Waals surface area contributed by atoms with Gasteiger partial charge in [-0.15, -0.1) is 0 Å². The lowest BCUT2D eigenvalue weighted by Crippen LogP contribution is -2.43. The minimum absolute atomic E-state index is 0.137. The Morgan fingerprint density at radius 3 is 2.51 bits per heavy atom. The van der Waals surface area contributed by atoms with Crippen LogP contribution in [-0.4, -0.2) is 62.7 Å². The third-order valence-electron chi connectivity index (χ3n) is 6.94. The summed E-state index contributed by atoms with van der Waals surface area (Å²) in [7, 11) is 0. The summed E-state index contributed by atoms with van der Waals surface area (Å²) in [6.07, 6.45) is 9.86. The van der Waals surface area contributed by atoms with E-state index < -0.39 is 5.60 Å². The Bertz CT molecular complexity index is 1250. The zero-order chi connectivity index (χ0) is 24.6. The molecule has 0 unspecified atom stereocenters. The van der Waals surface area contributed by atoms with E-state index in [1.165, 1.54) is 0 Å². The molecule has 35 heavy (non-hydrogen) atoms. The highest BCUT2D eigenvalue weighted by Gasteiger charge is 2.43. The van der Waals surface area contributed by atoms with Crippen molar-refractivity contribution in [3.63, 3.8) is 0 Å². The first-order chi connectivity index (χ1) is 16.8. The molecule has 0 bridgehead atoms. The molecule has 0 saturated carbocycles. The van der Waals surface area contributed by atoms with Crippen molar-refractivity contribution in [1.82, 2.24) is 24.8 Å². The fourth-order valence-corrected chi connectivity index (χ4v) is 5.03. The van der Waals surface area contributed by atoms with Crippen LogP contribution in [0.4, 0.5) is 10.6 Å². The number of fused-ring (bicyclic) bond motifs is 1. The number of piperidine rings is 1. The molecule has 8 heteroatoms. The molecule has 3 aromatic rings. The van der Waals surface area contributed by atoms with Crippen molar-refractivity contribution in [3.8, 4) is 11.4 Å². The van der Waals surface area contributed by atoms with E-state index >= 15 is 0 Å². The maximum atomic E-state index is 12.6. The molecule has 0 atom stereocenters. The maximum absolute atomic E-state index is 12.6. The number of rotatable bonds is 3. The molecular formula is C27H32N6O2. The van der Waals surface area contributed by atoms with E-state index in [0.717, 1.165) is 73.4 Å². The standard InChI is InChI=1S/C27H32N6O2/c1-5-20-16-21-22(17-29-20)30-23(19-6-11-28-12-7-19)31-24(21)32-13-8-27(9-14-32)10-15-33(18-27)25(34)35-26(2,3)4/h5-7,11-12,16-17H,1,8-10,13-15,18H2,2-4H3. The number of hydrogen-bond acceptors (Lipinski definition) is 7. The molecule has 5 rings (SSSR count). The quantitative estimate of drug-likeness (QED) is 0.533. The molecule has 2 saturated heterocycles. The summed E-state index contributed by atoms with van der Waals surface area (Å²) in [6.45, 7) is 12.9. The normalized spacial score (nSPS) is 17.7. The van der Waals surface area contributed by atoms with E-state index in [1.807, 2.05) is 43.9 Å². The zero-order valence-corrected chi connectivity index (χ0v) is 20.7. The van der Waals surface area contributed by atoms with E-state index in [0.29, 0.717) is 5.82 Å². The fraction of sp³-hybridized carbons (Fsp3) is 0.444. The summed E-state index contributed by atoms with van der Waals surface area (Å²) in [6, 6.07) is 5.86. The lowest BCUT2D eigenvalue weighted by Gasteiger charge is -2.40. The van der Waals surface area contributed by atoms with Gasteiger partial charge in [-0.1, -0.05) is 6.58 Å².